The fourth-order valence-corrected chi connectivity index (χ4v) is 10.4. The van der Waals surface area contributed by atoms with Crippen molar-refractivity contribution in [2.24, 2.45) is 5.41 Å². The third-order valence-corrected chi connectivity index (χ3v) is 14.4. The van der Waals surface area contributed by atoms with Crippen molar-refractivity contribution in [3.63, 3.8) is 0 Å². The molecular formula is C55H65FN6O7S. The summed E-state index contributed by atoms with van der Waals surface area (Å²) in [4.78, 5) is 50.0. The van der Waals surface area contributed by atoms with Crippen LogP contribution in [0.3, 0.4) is 0 Å². The first-order chi connectivity index (χ1) is 33.7. The molecule has 3 amide bonds. The smallest absolute Gasteiger partial charge is 0.246 e. The van der Waals surface area contributed by atoms with Gasteiger partial charge in [-0.25, -0.2) is 9.37 Å². The summed E-state index contributed by atoms with van der Waals surface area (Å²) in [6, 6.07) is 26.7. The number of ether oxygens (including phenoxy) is 3. The van der Waals surface area contributed by atoms with Crippen LogP contribution in [-0.2, 0) is 36.9 Å². The molecule has 2 aliphatic rings. The van der Waals surface area contributed by atoms with E-state index in [1.54, 1.807) is 40.5 Å². The van der Waals surface area contributed by atoms with Crippen LogP contribution in [0.25, 0.3) is 32.6 Å². The van der Waals surface area contributed by atoms with Gasteiger partial charge < -0.3 is 39.4 Å². The van der Waals surface area contributed by atoms with Gasteiger partial charge in [0.15, 0.2) is 0 Å². The van der Waals surface area contributed by atoms with Gasteiger partial charge in [0.05, 0.1) is 41.1 Å². The molecule has 370 valence electrons. The Morgan fingerprint density at radius 3 is 2.29 bits per heavy atom. The highest BCUT2D eigenvalue weighted by molar-refractivity contribution is 7.13. The van der Waals surface area contributed by atoms with Crippen molar-refractivity contribution in [2.45, 2.75) is 91.6 Å². The predicted octanol–water partition coefficient (Wildman–Crippen LogP) is 8.66. The zero-order chi connectivity index (χ0) is 49.4. The number of fused-ring (bicyclic) bond motifs is 1. The average molecular weight is 973 g/mol. The summed E-state index contributed by atoms with van der Waals surface area (Å²) in [6.07, 6.45) is 3.14. The number of carbonyl (C=O) groups excluding carboxylic acids is 3. The van der Waals surface area contributed by atoms with Gasteiger partial charge in [0, 0.05) is 50.2 Å². The second-order valence-corrected chi connectivity index (χ2v) is 20.3. The summed E-state index contributed by atoms with van der Waals surface area (Å²) in [5.74, 6) is -0.144. The van der Waals surface area contributed by atoms with E-state index in [2.05, 4.69) is 37.2 Å². The molecule has 2 unspecified atom stereocenters. The quantitative estimate of drug-likeness (QED) is 0.0679. The van der Waals surface area contributed by atoms with Crippen LogP contribution in [0.1, 0.15) is 68.8 Å². The maximum Gasteiger partial charge on any atom is 0.246 e. The highest BCUT2D eigenvalue weighted by atomic mass is 32.1. The molecular weight excluding hydrogens is 908 g/mol. The highest BCUT2D eigenvalue weighted by Gasteiger charge is 2.42. The molecule has 2 aliphatic heterocycles. The molecule has 0 aliphatic carbocycles. The Morgan fingerprint density at radius 2 is 1.59 bits per heavy atom. The number of aromatic hydroxyl groups is 1. The van der Waals surface area contributed by atoms with Gasteiger partial charge in [-0.3, -0.25) is 19.3 Å². The van der Waals surface area contributed by atoms with Crippen LogP contribution in [-0.4, -0.2) is 113 Å². The number of aryl methyl sites for hydroxylation is 2. The Labute approximate surface area is 414 Å². The summed E-state index contributed by atoms with van der Waals surface area (Å²) in [5, 5.41) is 17.1. The van der Waals surface area contributed by atoms with Crippen molar-refractivity contribution in [1.82, 2.24) is 30.0 Å². The van der Waals surface area contributed by atoms with Gasteiger partial charge in [-0.2, -0.15) is 0 Å². The minimum absolute atomic E-state index is 0.102. The molecule has 0 radical (unpaired) electrons. The van der Waals surface area contributed by atoms with Gasteiger partial charge in [-0.15, -0.1) is 11.3 Å². The third-order valence-electron chi connectivity index (χ3n) is 13.4. The van der Waals surface area contributed by atoms with Gasteiger partial charge in [-0.05, 0) is 127 Å². The minimum atomic E-state index is -0.832. The normalized spacial score (nSPS) is 16.1. The molecule has 6 aromatic rings. The monoisotopic (exact) mass is 972 g/mol. The number of benzene rings is 4. The molecule has 2 saturated heterocycles. The average Bonchev–Trinajstić information content (AvgIpc) is 4.09. The van der Waals surface area contributed by atoms with Crippen molar-refractivity contribution < 1.29 is 38.1 Å². The number of amides is 3. The lowest BCUT2D eigenvalue weighted by Crippen LogP contribution is -2.58. The summed E-state index contributed by atoms with van der Waals surface area (Å²) in [7, 11) is 0. The molecule has 13 nitrogen and oxygen atoms in total. The molecule has 2 atom stereocenters. The van der Waals surface area contributed by atoms with E-state index in [1.807, 2.05) is 82.6 Å². The molecule has 2 fully saturated rings. The number of nitrogens with zero attached hydrogens (tertiary/aromatic N) is 4. The lowest BCUT2D eigenvalue weighted by molar-refractivity contribution is -0.144. The van der Waals surface area contributed by atoms with Crippen molar-refractivity contribution in [3.05, 3.63) is 125 Å². The Hall–Kier alpha value is -6.13. The predicted molar refractivity (Wildman–Crippen MR) is 271 cm³/mol. The number of phenolic OH excluding ortho intramolecular Hbond substituents is 1. The number of nitrogens with one attached hydrogen (secondary N) is 2. The number of thiazole rings is 1. The molecule has 2 aromatic heterocycles. The van der Waals surface area contributed by atoms with E-state index in [0.29, 0.717) is 45.7 Å². The second kappa shape index (κ2) is 22.7. The molecule has 0 saturated carbocycles. The molecule has 0 spiro atoms. The summed E-state index contributed by atoms with van der Waals surface area (Å²) >= 11 is 1.60. The van der Waals surface area contributed by atoms with Gasteiger partial charge >= 0.3 is 0 Å². The number of carbonyl (C=O) groups is 3. The zero-order valence-corrected chi connectivity index (χ0v) is 41.7. The van der Waals surface area contributed by atoms with E-state index >= 15 is 0 Å². The first-order valence-electron chi connectivity index (χ1n) is 24.3. The molecule has 4 aromatic carbocycles. The van der Waals surface area contributed by atoms with Crippen LogP contribution >= 0.6 is 11.3 Å². The maximum atomic E-state index is 14.0. The van der Waals surface area contributed by atoms with Crippen LogP contribution in [0.2, 0.25) is 0 Å². The van der Waals surface area contributed by atoms with E-state index < -0.39 is 23.4 Å². The first-order valence-corrected chi connectivity index (χ1v) is 25.2. The first kappa shape index (κ1) is 50.3. The third kappa shape index (κ3) is 12.4. The number of hydrogen-bond acceptors (Lipinski definition) is 10. The Kier molecular flexibility index (Phi) is 16.3. The van der Waals surface area contributed by atoms with Crippen LogP contribution < -0.4 is 15.4 Å². The number of phenols is 1. The van der Waals surface area contributed by atoms with Gasteiger partial charge in [0.1, 0.15) is 42.6 Å². The summed E-state index contributed by atoms with van der Waals surface area (Å²) in [5.41, 5.74) is 9.27. The lowest BCUT2D eigenvalue weighted by atomic mass is 9.85. The fraction of sp³-hybridized carbons (Fsp3) is 0.418. The number of likely N-dealkylation sites (tertiary alicyclic amines) is 2. The number of halogens is 1. The van der Waals surface area contributed by atoms with Crippen LogP contribution in [0.15, 0.2) is 96.5 Å². The molecule has 0 bridgehead atoms. The van der Waals surface area contributed by atoms with Crippen molar-refractivity contribution >= 4 is 40.0 Å². The van der Waals surface area contributed by atoms with E-state index in [1.165, 1.54) is 12.1 Å². The number of piperidine rings is 1. The molecule has 8 rings (SSSR count). The van der Waals surface area contributed by atoms with Crippen molar-refractivity contribution in [3.8, 4) is 33.2 Å². The summed E-state index contributed by atoms with van der Waals surface area (Å²) in [6.45, 7) is 14.7. The van der Waals surface area contributed by atoms with E-state index in [9.17, 15) is 23.9 Å². The largest absolute Gasteiger partial charge is 0.508 e. The maximum absolute atomic E-state index is 14.0. The Bertz CT molecular complexity index is 2730. The fourth-order valence-electron chi connectivity index (χ4n) is 9.54. The summed E-state index contributed by atoms with van der Waals surface area (Å²) < 4.78 is 34.0. The molecule has 4 heterocycles. The number of hydrogen-bond donors (Lipinski definition) is 3. The zero-order valence-electron chi connectivity index (χ0n) is 40.8. The Morgan fingerprint density at radius 1 is 0.871 bits per heavy atom. The molecule has 3 N–H and O–H groups in total. The molecule has 15 heteroatoms. The van der Waals surface area contributed by atoms with Gasteiger partial charge in [0.2, 0.25) is 17.7 Å². The SMILES string of the molecule is Cc1ncsc1-c1ccc(CNC(=O)C2CCCN2C(=O)C(NC(=O)COCCOC2CCN(CCOc3ccc(Cn4c(-c5ccc(F)cc5)c(C)c5cc(O)ccc54)cc3)CC2)C(C)(C)C)cc1. The van der Waals surface area contributed by atoms with Crippen molar-refractivity contribution in [1.29, 1.82) is 0 Å². The number of rotatable bonds is 19. The van der Waals surface area contributed by atoms with Crippen LogP contribution in [0.5, 0.6) is 11.5 Å². The van der Waals surface area contributed by atoms with E-state index in [-0.39, 0.29) is 42.7 Å². The van der Waals surface area contributed by atoms with Crippen LogP contribution in [0.4, 0.5) is 4.39 Å². The standard InChI is InChI=1S/C55H65FN6O7S/c1-36-46-31-43(63)18-21-47(46)62(50(36)40-14-16-42(56)17-15-40)33-39-10-19-44(20-11-39)68-28-27-60-25-22-45(23-26-60)69-30-29-67-34-49(64)59-52(55(3,4)5)54(66)61-24-6-7-48(61)53(65)57-32-38-8-12-41(13-9-38)51-37(2)58-35-70-51/h8-21,31,35,45,48,52,63H,6-7,22-30,32-34H2,1-5H3,(H,57,65)(H,59,64). The highest BCUT2D eigenvalue weighted by Crippen LogP contribution is 2.36. The van der Waals surface area contributed by atoms with E-state index in [0.717, 1.165) is 93.2 Å². The van der Waals surface area contributed by atoms with E-state index in [4.69, 9.17) is 14.2 Å². The topological polar surface area (TPSA) is 147 Å². The van der Waals surface area contributed by atoms with Crippen molar-refractivity contribution in [2.75, 3.05) is 52.6 Å². The molecule has 70 heavy (non-hydrogen) atoms. The minimum Gasteiger partial charge on any atom is -0.508 e. The van der Waals surface area contributed by atoms with Gasteiger partial charge in [0.25, 0.3) is 0 Å². The lowest BCUT2D eigenvalue weighted by Gasteiger charge is -2.35. The Balaban J connectivity index is 0.717. The van der Waals surface area contributed by atoms with Crippen LogP contribution in [0, 0.1) is 25.1 Å². The number of aromatic nitrogens is 2. The van der Waals surface area contributed by atoms with Gasteiger partial charge in [-0.1, -0.05) is 57.2 Å². The second-order valence-electron chi connectivity index (χ2n) is 19.5.